The molecule has 0 saturated carbocycles. The largest absolute Gasteiger partial charge is 0.383 e. The normalized spacial score (nSPS) is 12.0. The maximum absolute atomic E-state index is 12.7. The Bertz CT molecular complexity index is 1140. The van der Waals surface area contributed by atoms with Gasteiger partial charge in [0.1, 0.15) is 0 Å². The van der Waals surface area contributed by atoms with Crippen molar-refractivity contribution in [3.63, 3.8) is 0 Å². The molecule has 0 fully saturated rings. The molecule has 1 atom stereocenters. The van der Waals surface area contributed by atoms with Gasteiger partial charge in [-0.1, -0.05) is 50.2 Å². The molecule has 0 aliphatic carbocycles. The molecule has 7 nitrogen and oxygen atoms in total. The van der Waals surface area contributed by atoms with Gasteiger partial charge in [0.05, 0.1) is 18.7 Å². The van der Waals surface area contributed by atoms with Crippen molar-refractivity contribution in [2.75, 3.05) is 27.8 Å². The van der Waals surface area contributed by atoms with E-state index < -0.39 is 0 Å². The van der Waals surface area contributed by atoms with Crippen LogP contribution in [0.25, 0.3) is 16.8 Å². The van der Waals surface area contributed by atoms with Crippen molar-refractivity contribution in [1.29, 1.82) is 0 Å². The van der Waals surface area contributed by atoms with Crippen molar-refractivity contribution in [2.45, 2.75) is 39.2 Å². The maximum Gasteiger partial charge on any atom is 0.273 e. The Morgan fingerprint density at radius 3 is 2.35 bits per heavy atom. The Hall–Kier alpha value is -3.45. The zero-order valence-corrected chi connectivity index (χ0v) is 20.8. The molecular weight excluding hydrogens is 428 g/mol. The first-order valence-corrected chi connectivity index (χ1v) is 11.5. The summed E-state index contributed by atoms with van der Waals surface area (Å²) in [6, 6.07) is 17.8. The number of benzene rings is 2. The molecule has 1 heterocycles. The van der Waals surface area contributed by atoms with Crippen LogP contribution in [0.1, 0.15) is 48.4 Å². The Morgan fingerprint density at radius 2 is 1.74 bits per heavy atom. The lowest BCUT2D eigenvalue weighted by atomic mass is 10.00. The number of methoxy groups -OCH3 is 1. The number of hydrogen-bond donors (Lipinski definition) is 1. The van der Waals surface area contributed by atoms with E-state index >= 15 is 0 Å². The smallest absolute Gasteiger partial charge is 0.273 e. The van der Waals surface area contributed by atoms with E-state index in [4.69, 9.17) is 4.74 Å². The number of hydrogen-bond acceptors (Lipinski definition) is 4. The molecule has 3 rings (SSSR count). The van der Waals surface area contributed by atoms with E-state index in [9.17, 15) is 9.59 Å². The number of carbonyl (C=O) groups excluding carboxylic acids is 2. The SMILES string of the molecule is COCC(C)NC(=O)Cc1cc(-c2ccccc2)cc(-n2nc(C(=O)N(C)C)cc2C(C)C)c1. The molecule has 2 aromatic carbocycles. The second-order valence-electron chi connectivity index (χ2n) is 9.08. The minimum atomic E-state index is -0.147. The van der Waals surface area contributed by atoms with Gasteiger partial charge in [-0.15, -0.1) is 0 Å². The molecule has 0 spiro atoms. The first-order valence-electron chi connectivity index (χ1n) is 11.5. The third kappa shape index (κ3) is 6.11. The van der Waals surface area contributed by atoms with E-state index in [-0.39, 0.29) is 30.2 Å². The fourth-order valence-corrected chi connectivity index (χ4v) is 3.85. The molecular formula is C27H34N4O3. The van der Waals surface area contributed by atoms with Crippen LogP contribution in [0.3, 0.4) is 0 Å². The molecule has 180 valence electrons. The van der Waals surface area contributed by atoms with Crippen LogP contribution in [-0.2, 0) is 16.0 Å². The number of amides is 2. The Labute approximate surface area is 201 Å². The number of carbonyl (C=O) groups is 2. The van der Waals surface area contributed by atoms with Crippen LogP contribution in [0.5, 0.6) is 0 Å². The molecule has 1 aromatic heterocycles. The number of nitrogens with zero attached hydrogens (tertiary/aromatic N) is 3. The van der Waals surface area contributed by atoms with Crippen LogP contribution in [0.2, 0.25) is 0 Å². The lowest BCUT2D eigenvalue weighted by molar-refractivity contribution is -0.121. The summed E-state index contributed by atoms with van der Waals surface area (Å²) in [6.07, 6.45) is 0.226. The molecule has 0 bridgehead atoms. The summed E-state index contributed by atoms with van der Waals surface area (Å²) in [5.74, 6) is -0.0708. The molecule has 34 heavy (non-hydrogen) atoms. The second kappa shape index (κ2) is 11.1. The molecule has 1 N–H and O–H groups in total. The predicted molar refractivity (Wildman–Crippen MR) is 134 cm³/mol. The summed E-state index contributed by atoms with van der Waals surface area (Å²) in [5, 5.41) is 7.63. The zero-order valence-electron chi connectivity index (χ0n) is 20.8. The molecule has 7 heteroatoms. The van der Waals surface area contributed by atoms with Crippen molar-refractivity contribution in [3.8, 4) is 16.8 Å². The molecule has 2 amide bonds. The number of nitrogens with one attached hydrogen (secondary N) is 1. The van der Waals surface area contributed by atoms with E-state index in [2.05, 4.69) is 24.3 Å². The molecule has 3 aromatic rings. The van der Waals surface area contributed by atoms with Crippen LogP contribution in [-0.4, -0.2) is 60.3 Å². The maximum atomic E-state index is 12.7. The van der Waals surface area contributed by atoms with E-state index in [0.717, 1.165) is 28.1 Å². The Kier molecular flexibility index (Phi) is 8.23. The summed E-state index contributed by atoms with van der Waals surface area (Å²) < 4.78 is 6.95. The highest BCUT2D eigenvalue weighted by Gasteiger charge is 2.20. The summed E-state index contributed by atoms with van der Waals surface area (Å²) in [6.45, 7) is 6.51. The average Bonchev–Trinajstić information content (AvgIpc) is 3.25. The molecule has 0 radical (unpaired) electrons. The van der Waals surface area contributed by atoms with Crippen molar-refractivity contribution >= 4 is 11.8 Å². The van der Waals surface area contributed by atoms with Crippen LogP contribution < -0.4 is 5.32 Å². The van der Waals surface area contributed by atoms with Crippen molar-refractivity contribution in [2.24, 2.45) is 0 Å². The van der Waals surface area contributed by atoms with E-state index in [1.54, 1.807) is 21.2 Å². The molecule has 0 saturated heterocycles. The zero-order chi connectivity index (χ0) is 24.8. The monoisotopic (exact) mass is 462 g/mol. The first kappa shape index (κ1) is 25.2. The fourth-order valence-electron chi connectivity index (χ4n) is 3.85. The van der Waals surface area contributed by atoms with E-state index in [1.165, 1.54) is 4.90 Å². The lowest BCUT2D eigenvalue weighted by Gasteiger charge is -2.16. The third-order valence-corrected chi connectivity index (χ3v) is 5.47. The summed E-state index contributed by atoms with van der Waals surface area (Å²) in [4.78, 5) is 26.8. The number of ether oxygens (including phenoxy) is 1. The van der Waals surface area contributed by atoms with Crippen LogP contribution >= 0.6 is 0 Å². The van der Waals surface area contributed by atoms with Crippen molar-refractivity contribution < 1.29 is 14.3 Å². The third-order valence-electron chi connectivity index (χ3n) is 5.47. The summed E-state index contributed by atoms with van der Waals surface area (Å²) >= 11 is 0. The van der Waals surface area contributed by atoms with Crippen LogP contribution in [0.15, 0.2) is 54.6 Å². The van der Waals surface area contributed by atoms with Crippen molar-refractivity contribution in [3.05, 3.63) is 71.5 Å². The van der Waals surface area contributed by atoms with E-state index in [1.807, 2.05) is 66.2 Å². The summed E-state index contributed by atoms with van der Waals surface area (Å²) in [5.41, 5.74) is 5.03. The van der Waals surface area contributed by atoms with Gasteiger partial charge in [-0.05, 0) is 47.7 Å². The first-order chi connectivity index (χ1) is 16.2. The standard InChI is InChI=1S/C27H34N4O3/c1-18(2)25-16-24(27(33)30(4)5)29-31(25)23-13-20(14-26(32)28-19(3)17-34-6)12-22(15-23)21-10-8-7-9-11-21/h7-13,15-16,18-19H,14,17H2,1-6H3,(H,28,32). The molecule has 1 unspecified atom stereocenters. The van der Waals surface area contributed by atoms with Crippen LogP contribution in [0.4, 0.5) is 0 Å². The van der Waals surface area contributed by atoms with Gasteiger partial charge in [-0.3, -0.25) is 9.59 Å². The Morgan fingerprint density at radius 1 is 1.03 bits per heavy atom. The molecule has 0 aliphatic heterocycles. The minimum Gasteiger partial charge on any atom is -0.383 e. The highest BCUT2D eigenvalue weighted by Crippen LogP contribution is 2.27. The quantitative estimate of drug-likeness (QED) is 0.520. The topological polar surface area (TPSA) is 76.5 Å². The lowest BCUT2D eigenvalue weighted by Crippen LogP contribution is -2.36. The van der Waals surface area contributed by atoms with Gasteiger partial charge >= 0.3 is 0 Å². The van der Waals surface area contributed by atoms with E-state index in [0.29, 0.717) is 12.3 Å². The van der Waals surface area contributed by atoms with Gasteiger partial charge < -0.3 is 15.0 Å². The highest BCUT2D eigenvalue weighted by atomic mass is 16.5. The average molecular weight is 463 g/mol. The Balaban J connectivity index is 2.07. The van der Waals surface area contributed by atoms with Gasteiger partial charge in [-0.25, -0.2) is 4.68 Å². The number of aromatic nitrogens is 2. The predicted octanol–water partition coefficient (Wildman–Crippen LogP) is 4.06. The van der Waals surface area contributed by atoms with Crippen molar-refractivity contribution in [1.82, 2.24) is 20.0 Å². The number of rotatable bonds is 9. The van der Waals surface area contributed by atoms with Crippen LogP contribution in [0, 0.1) is 0 Å². The summed E-state index contributed by atoms with van der Waals surface area (Å²) in [7, 11) is 5.05. The van der Waals surface area contributed by atoms with Gasteiger partial charge in [0.15, 0.2) is 5.69 Å². The van der Waals surface area contributed by atoms with Gasteiger partial charge in [0.25, 0.3) is 5.91 Å². The second-order valence-corrected chi connectivity index (χ2v) is 9.08. The highest BCUT2D eigenvalue weighted by molar-refractivity contribution is 5.92. The van der Waals surface area contributed by atoms with Gasteiger partial charge in [-0.2, -0.15) is 5.10 Å². The molecule has 0 aliphatic rings. The van der Waals surface area contributed by atoms with Gasteiger partial charge in [0, 0.05) is 32.9 Å². The van der Waals surface area contributed by atoms with Gasteiger partial charge in [0.2, 0.25) is 5.91 Å². The fraction of sp³-hybridized carbons (Fsp3) is 0.370. The minimum absolute atomic E-state index is 0.0752.